The Morgan fingerprint density at radius 2 is 1.93 bits per heavy atom. The largest absolute Gasteiger partial charge is 0.385 e. The summed E-state index contributed by atoms with van der Waals surface area (Å²) < 4.78 is 6.77. The Morgan fingerprint density at radius 3 is 2.67 bits per heavy atom. The van der Waals surface area contributed by atoms with Crippen LogP contribution in [0.5, 0.6) is 0 Å². The molecule has 1 aromatic carbocycles. The van der Waals surface area contributed by atoms with Crippen LogP contribution in [-0.2, 0) is 9.53 Å². The van der Waals surface area contributed by atoms with E-state index in [1.54, 1.807) is 11.6 Å². The van der Waals surface area contributed by atoms with Crippen LogP contribution < -0.4 is 10.2 Å². The lowest BCUT2D eigenvalue weighted by Gasteiger charge is -2.32. The van der Waals surface area contributed by atoms with Crippen LogP contribution in [0.2, 0.25) is 5.02 Å². The molecule has 1 N–H and O–H groups in total. The summed E-state index contributed by atoms with van der Waals surface area (Å²) in [5.74, 6) is 1.72. The van der Waals surface area contributed by atoms with Gasteiger partial charge in [0.15, 0.2) is 11.5 Å². The molecule has 30 heavy (non-hydrogen) atoms. The molecule has 0 aliphatic carbocycles. The third-order valence-electron chi connectivity index (χ3n) is 5.37. The van der Waals surface area contributed by atoms with Crippen LogP contribution in [0.1, 0.15) is 19.3 Å². The van der Waals surface area contributed by atoms with Gasteiger partial charge in [0, 0.05) is 49.9 Å². The van der Waals surface area contributed by atoms with Crippen LogP contribution in [-0.4, -0.2) is 59.1 Å². The molecule has 1 fully saturated rings. The molecule has 3 aromatic rings. The normalized spacial score (nSPS) is 14.9. The van der Waals surface area contributed by atoms with Crippen molar-refractivity contribution in [3.63, 3.8) is 0 Å². The summed E-state index contributed by atoms with van der Waals surface area (Å²) in [6, 6.07) is 11.3. The average Bonchev–Trinajstić information content (AvgIpc) is 3.20. The van der Waals surface area contributed by atoms with E-state index < -0.39 is 0 Å². The number of ether oxygens (including phenoxy) is 1. The fourth-order valence-electron chi connectivity index (χ4n) is 3.67. The summed E-state index contributed by atoms with van der Waals surface area (Å²) in [5, 5.41) is 17.0. The molecule has 1 saturated heterocycles. The van der Waals surface area contributed by atoms with E-state index >= 15 is 0 Å². The number of nitrogens with zero attached hydrogens (tertiary/aromatic N) is 5. The third kappa shape index (κ3) is 4.55. The van der Waals surface area contributed by atoms with Crippen molar-refractivity contribution in [2.24, 2.45) is 5.92 Å². The molecule has 0 saturated carbocycles. The van der Waals surface area contributed by atoms with Crippen molar-refractivity contribution in [3.05, 3.63) is 41.4 Å². The standard InChI is InChI=1S/C21H25ClN6O2/c1-30-14-2-11-23-21(29)16-9-12-27(13-10-16)19-8-7-18-24-25-20(28(18)26-19)15-3-5-17(22)6-4-15/h3-8,16H,2,9-14H2,1H3,(H,23,29). The summed E-state index contributed by atoms with van der Waals surface area (Å²) in [6.45, 7) is 2.89. The monoisotopic (exact) mass is 428 g/mol. The Morgan fingerprint density at radius 1 is 1.17 bits per heavy atom. The van der Waals surface area contributed by atoms with Crippen molar-refractivity contribution >= 4 is 29.0 Å². The maximum absolute atomic E-state index is 12.4. The van der Waals surface area contributed by atoms with E-state index in [-0.39, 0.29) is 11.8 Å². The van der Waals surface area contributed by atoms with E-state index in [9.17, 15) is 4.79 Å². The van der Waals surface area contributed by atoms with E-state index in [1.165, 1.54) is 0 Å². The Bertz CT molecular complexity index is 998. The molecule has 1 aliphatic heterocycles. The number of halogens is 1. The smallest absolute Gasteiger partial charge is 0.223 e. The Balaban J connectivity index is 1.43. The minimum absolute atomic E-state index is 0.0482. The van der Waals surface area contributed by atoms with Crippen molar-refractivity contribution in [2.45, 2.75) is 19.3 Å². The second-order valence-electron chi connectivity index (χ2n) is 7.39. The minimum atomic E-state index is 0.0482. The highest BCUT2D eigenvalue weighted by atomic mass is 35.5. The molecule has 0 spiro atoms. The number of hydrogen-bond donors (Lipinski definition) is 1. The van der Waals surface area contributed by atoms with Gasteiger partial charge in [0.1, 0.15) is 5.82 Å². The first-order chi connectivity index (χ1) is 14.7. The number of carbonyl (C=O) groups is 1. The van der Waals surface area contributed by atoms with E-state index in [0.29, 0.717) is 29.6 Å². The molecule has 8 nitrogen and oxygen atoms in total. The number of amides is 1. The number of fused-ring (bicyclic) bond motifs is 1. The van der Waals surface area contributed by atoms with Crippen molar-refractivity contribution in [3.8, 4) is 11.4 Å². The zero-order valence-electron chi connectivity index (χ0n) is 16.9. The Labute approximate surface area is 180 Å². The Kier molecular flexibility index (Phi) is 6.44. The van der Waals surface area contributed by atoms with Crippen LogP contribution in [0, 0.1) is 5.92 Å². The summed E-state index contributed by atoms with van der Waals surface area (Å²) >= 11 is 5.99. The molecule has 0 atom stereocenters. The van der Waals surface area contributed by atoms with Crippen molar-refractivity contribution in [1.82, 2.24) is 25.1 Å². The molecular formula is C21H25ClN6O2. The van der Waals surface area contributed by atoms with Crippen molar-refractivity contribution in [2.75, 3.05) is 38.3 Å². The molecular weight excluding hydrogens is 404 g/mol. The predicted molar refractivity (Wildman–Crippen MR) is 116 cm³/mol. The van der Waals surface area contributed by atoms with Crippen molar-refractivity contribution in [1.29, 1.82) is 0 Å². The van der Waals surface area contributed by atoms with Crippen LogP contribution in [0.3, 0.4) is 0 Å². The number of piperidine rings is 1. The molecule has 0 bridgehead atoms. The highest BCUT2D eigenvalue weighted by Gasteiger charge is 2.25. The summed E-state index contributed by atoms with van der Waals surface area (Å²) in [4.78, 5) is 14.6. The van der Waals surface area contributed by atoms with Crippen LogP contribution in [0.15, 0.2) is 36.4 Å². The van der Waals surface area contributed by atoms with Gasteiger partial charge in [-0.05, 0) is 55.7 Å². The van der Waals surface area contributed by atoms with E-state index in [4.69, 9.17) is 21.4 Å². The van der Waals surface area contributed by atoms with Crippen LogP contribution >= 0.6 is 11.6 Å². The first-order valence-electron chi connectivity index (χ1n) is 10.2. The molecule has 0 unspecified atom stereocenters. The molecule has 1 amide bonds. The number of anilines is 1. The van der Waals surface area contributed by atoms with E-state index in [1.807, 2.05) is 36.4 Å². The van der Waals surface area contributed by atoms with Gasteiger partial charge >= 0.3 is 0 Å². The Hall–Kier alpha value is -2.71. The van der Waals surface area contributed by atoms with Gasteiger partial charge in [-0.1, -0.05) is 11.6 Å². The minimum Gasteiger partial charge on any atom is -0.385 e. The van der Waals surface area contributed by atoms with Gasteiger partial charge in [0.05, 0.1) is 0 Å². The lowest BCUT2D eigenvalue weighted by atomic mass is 9.96. The number of methoxy groups -OCH3 is 1. The van der Waals surface area contributed by atoms with Crippen molar-refractivity contribution < 1.29 is 9.53 Å². The zero-order valence-corrected chi connectivity index (χ0v) is 17.7. The average molecular weight is 429 g/mol. The SMILES string of the molecule is COCCCNC(=O)C1CCN(c2ccc3nnc(-c4ccc(Cl)cc4)n3n2)CC1. The number of aromatic nitrogens is 4. The first kappa shape index (κ1) is 20.6. The molecule has 0 radical (unpaired) electrons. The van der Waals surface area contributed by atoms with Crippen LogP contribution in [0.4, 0.5) is 5.82 Å². The maximum Gasteiger partial charge on any atom is 0.223 e. The lowest BCUT2D eigenvalue weighted by Crippen LogP contribution is -2.41. The number of carbonyl (C=O) groups excluding carboxylic acids is 1. The highest BCUT2D eigenvalue weighted by molar-refractivity contribution is 6.30. The zero-order chi connectivity index (χ0) is 20.9. The quantitative estimate of drug-likeness (QED) is 0.582. The number of rotatable bonds is 7. The second-order valence-corrected chi connectivity index (χ2v) is 7.83. The molecule has 3 heterocycles. The third-order valence-corrected chi connectivity index (χ3v) is 5.62. The fourth-order valence-corrected chi connectivity index (χ4v) is 3.80. The number of nitrogens with one attached hydrogen (secondary N) is 1. The molecule has 158 valence electrons. The second kappa shape index (κ2) is 9.40. The predicted octanol–water partition coefficient (Wildman–Crippen LogP) is 2.81. The topological polar surface area (TPSA) is 84.6 Å². The summed E-state index contributed by atoms with van der Waals surface area (Å²) in [6.07, 6.45) is 2.45. The molecule has 2 aromatic heterocycles. The van der Waals surface area contributed by atoms with E-state index in [0.717, 1.165) is 43.7 Å². The summed E-state index contributed by atoms with van der Waals surface area (Å²) in [7, 11) is 1.67. The number of benzene rings is 1. The highest BCUT2D eigenvalue weighted by Crippen LogP contribution is 2.24. The van der Waals surface area contributed by atoms with E-state index in [2.05, 4.69) is 20.4 Å². The maximum atomic E-state index is 12.4. The lowest BCUT2D eigenvalue weighted by molar-refractivity contribution is -0.125. The van der Waals surface area contributed by atoms with Gasteiger partial charge < -0.3 is 15.0 Å². The van der Waals surface area contributed by atoms with Gasteiger partial charge in [0.25, 0.3) is 0 Å². The molecule has 4 rings (SSSR count). The number of hydrogen-bond acceptors (Lipinski definition) is 6. The molecule has 9 heteroatoms. The van der Waals surface area contributed by atoms with Gasteiger partial charge in [-0.15, -0.1) is 15.3 Å². The summed E-state index contributed by atoms with van der Waals surface area (Å²) in [5.41, 5.74) is 1.59. The van der Waals surface area contributed by atoms with Gasteiger partial charge in [0.2, 0.25) is 5.91 Å². The fraction of sp³-hybridized carbons (Fsp3) is 0.429. The van der Waals surface area contributed by atoms with Gasteiger partial charge in [-0.2, -0.15) is 4.52 Å². The van der Waals surface area contributed by atoms with Crippen LogP contribution in [0.25, 0.3) is 17.0 Å². The van der Waals surface area contributed by atoms with Gasteiger partial charge in [-0.25, -0.2) is 0 Å². The van der Waals surface area contributed by atoms with Gasteiger partial charge in [-0.3, -0.25) is 4.79 Å². The first-order valence-corrected chi connectivity index (χ1v) is 10.5. The molecule has 1 aliphatic rings.